The highest BCUT2D eigenvalue weighted by Crippen LogP contribution is 2.34. The van der Waals surface area contributed by atoms with Crippen LogP contribution in [0.2, 0.25) is 5.02 Å². The van der Waals surface area contributed by atoms with Crippen LogP contribution in [0.15, 0.2) is 0 Å². The van der Waals surface area contributed by atoms with Crippen molar-refractivity contribution in [3.8, 4) is 0 Å². The highest BCUT2D eigenvalue weighted by molar-refractivity contribution is 6.31. The number of aryl methyl sites for hydroxylation is 3. The van der Waals surface area contributed by atoms with Gasteiger partial charge in [0.1, 0.15) is 11.6 Å². The lowest BCUT2D eigenvalue weighted by molar-refractivity contribution is 0.126. The Balaban J connectivity index is 1.63. The second-order valence-corrected chi connectivity index (χ2v) is 7.41. The van der Waals surface area contributed by atoms with Gasteiger partial charge in [0.2, 0.25) is 0 Å². The maximum Gasteiger partial charge on any atom is 0.150 e. The van der Waals surface area contributed by atoms with Crippen molar-refractivity contribution in [3.05, 3.63) is 28.1 Å². The molecule has 4 heterocycles. The quantitative estimate of drug-likeness (QED) is 0.855. The van der Waals surface area contributed by atoms with Crippen molar-refractivity contribution < 1.29 is 0 Å². The zero-order valence-corrected chi connectivity index (χ0v) is 15.3. The Morgan fingerprint density at radius 3 is 2.75 bits per heavy atom. The molecule has 0 saturated carbocycles. The lowest BCUT2D eigenvalue weighted by atomic mass is 10.0. The Kier molecular flexibility index (Phi) is 4.35. The first-order valence-electron chi connectivity index (χ1n) is 8.99. The molecule has 1 atom stereocenters. The third-order valence-corrected chi connectivity index (χ3v) is 5.91. The Morgan fingerprint density at radius 2 is 1.96 bits per heavy atom. The van der Waals surface area contributed by atoms with Crippen LogP contribution < -0.4 is 0 Å². The van der Waals surface area contributed by atoms with Gasteiger partial charge in [-0.3, -0.25) is 9.58 Å². The van der Waals surface area contributed by atoms with Crippen LogP contribution in [0.5, 0.6) is 0 Å². The molecule has 0 aliphatic carbocycles. The van der Waals surface area contributed by atoms with Crippen molar-refractivity contribution in [3.63, 3.8) is 0 Å². The lowest BCUT2D eigenvalue weighted by Gasteiger charge is -2.35. The highest BCUT2D eigenvalue weighted by atomic mass is 35.5. The number of fused-ring (bicyclic) bond motifs is 1. The fourth-order valence-corrected chi connectivity index (χ4v) is 4.31. The fraction of sp³-hybridized carbons (Fsp3) is 0.706. The summed E-state index contributed by atoms with van der Waals surface area (Å²) in [6, 6.07) is 0.337. The van der Waals surface area contributed by atoms with Crippen molar-refractivity contribution in [1.82, 2.24) is 29.4 Å². The molecule has 0 aromatic carbocycles. The van der Waals surface area contributed by atoms with Gasteiger partial charge < -0.3 is 4.57 Å². The van der Waals surface area contributed by atoms with Crippen LogP contribution in [0.25, 0.3) is 0 Å². The Bertz CT molecular complexity index is 734. The average molecular weight is 349 g/mol. The summed E-state index contributed by atoms with van der Waals surface area (Å²) in [5, 5.41) is 14.3. The minimum absolute atomic E-state index is 0.337. The average Bonchev–Trinajstić information content (AvgIpc) is 3.12. The van der Waals surface area contributed by atoms with E-state index >= 15 is 0 Å². The minimum atomic E-state index is 0.337. The van der Waals surface area contributed by atoms with E-state index < -0.39 is 0 Å². The molecule has 130 valence electrons. The molecule has 2 aliphatic rings. The molecule has 24 heavy (non-hydrogen) atoms. The van der Waals surface area contributed by atoms with Crippen LogP contribution in [-0.2, 0) is 26.6 Å². The highest BCUT2D eigenvalue weighted by Gasteiger charge is 2.31. The number of rotatable bonds is 3. The largest absolute Gasteiger partial charge is 0.314 e. The van der Waals surface area contributed by atoms with Crippen LogP contribution in [0.1, 0.15) is 61.2 Å². The van der Waals surface area contributed by atoms with E-state index in [9.17, 15) is 0 Å². The summed E-state index contributed by atoms with van der Waals surface area (Å²) >= 11 is 6.48. The van der Waals surface area contributed by atoms with E-state index in [1.54, 1.807) is 0 Å². The van der Waals surface area contributed by atoms with Crippen molar-refractivity contribution >= 4 is 11.6 Å². The number of hydrogen-bond donors (Lipinski definition) is 0. The molecule has 0 bridgehead atoms. The smallest absolute Gasteiger partial charge is 0.150 e. The van der Waals surface area contributed by atoms with E-state index in [-0.39, 0.29) is 0 Å². The second kappa shape index (κ2) is 6.48. The molecule has 2 aliphatic heterocycles. The molecule has 1 saturated heterocycles. The van der Waals surface area contributed by atoms with Gasteiger partial charge in [0.15, 0.2) is 0 Å². The molecule has 1 unspecified atom stereocenters. The molecular formula is C17H25ClN6. The Morgan fingerprint density at radius 1 is 1.12 bits per heavy atom. The molecule has 1 fully saturated rings. The van der Waals surface area contributed by atoms with Crippen LogP contribution in [0.4, 0.5) is 0 Å². The van der Waals surface area contributed by atoms with Crippen molar-refractivity contribution in [2.75, 3.05) is 6.54 Å². The number of likely N-dealkylation sites (tertiary alicyclic amines) is 1. The zero-order valence-electron chi connectivity index (χ0n) is 14.5. The molecule has 2 aromatic rings. The standard InChI is InChI=1S/C17H25ClN6/c1-12-16(18)14(22(2)21-12)11-23-9-5-3-7-13(23)17-20-19-15-8-4-6-10-24(15)17/h13H,3-11H2,1-2H3. The monoisotopic (exact) mass is 348 g/mol. The lowest BCUT2D eigenvalue weighted by Crippen LogP contribution is -2.35. The van der Waals surface area contributed by atoms with Gasteiger partial charge in [-0.2, -0.15) is 5.10 Å². The molecule has 0 spiro atoms. The van der Waals surface area contributed by atoms with E-state index in [1.165, 1.54) is 25.7 Å². The van der Waals surface area contributed by atoms with E-state index in [1.807, 2.05) is 18.7 Å². The molecule has 0 N–H and O–H groups in total. The Labute approximate surface area is 147 Å². The van der Waals surface area contributed by atoms with E-state index in [0.29, 0.717) is 6.04 Å². The fourth-order valence-electron chi connectivity index (χ4n) is 4.09. The normalized spacial score (nSPS) is 21.9. The van der Waals surface area contributed by atoms with Crippen molar-refractivity contribution in [2.45, 2.75) is 64.6 Å². The first-order chi connectivity index (χ1) is 11.6. The van der Waals surface area contributed by atoms with Gasteiger partial charge in [-0.05, 0) is 39.2 Å². The number of halogens is 1. The first kappa shape index (κ1) is 16.1. The second-order valence-electron chi connectivity index (χ2n) is 7.03. The number of aromatic nitrogens is 5. The SMILES string of the molecule is Cc1nn(C)c(CN2CCCCC2c2nnc3n2CCCC3)c1Cl. The summed E-state index contributed by atoms with van der Waals surface area (Å²) in [6.45, 7) is 4.93. The third kappa shape index (κ3) is 2.75. The van der Waals surface area contributed by atoms with E-state index in [4.69, 9.17) is 11.6 Å². The zero-order chi connectivity index (χ0) is 16.7. The predicted octanol–water partition coefficient (Wildman–Crippen LogP) is 3.04. The topological polar surface area (TPSA) is 51.8 Å². The van der Waals surface area contributed by atoms with E-state index in [2.05, 4.69) is 24.8 Å². The minimum Gasteiger partial charge on any atom is -0.314 e. The maximum atomic E-state index is 6.48. The number of hydrogen-bond acceptors (Lipinski definition) is 4. The number of piperidine rings is 1. The van der Waals surface area contributed by atoms with Crippen LogP contribution in [0.3, 0.4) is 0 Å². The third-order valence-electron chi connectivity index (χ3n) is 5.41. The van der Waals surface area contributed by atoms with Gasteiger partial charge in [0.05, 0.1) is 22.5 Å². The van der Waals surface area contributed by atoms with Gasteiger partial charge >= 0.3 is 0 Å². The molecule has 2 aromatic heterocycles. The van der Waals surface area contributed by atoms with Crippen molar-refractivity contribution in [2.24, 2.45) is 7.05 Å². The molecule has 6 nitrogen and oxygen atoms in total. The summed E-state index contributed by atoms with van der Waals surface area (Å²) in [4.78, 5) is 2.51. The number of nitrogens with zero attached hydrogens (tertiary/aromatic N) is 6. The van der Waals surface area contributed by atoms with Crippen LogP contribution >= 0.6 is 11.6 Å². The Hall–Kier alpha value is -1.40. The summed E-state index contributed by atoms with van der Waals surface area (Å²) < 4.78 is 4.28. The van der Waals surface area contributed by atoms with Crippen LogP contribution in [-0.4, -0.2) is 36.0 Å². The van der Waals surface area contributed by atoms with Gasteiger partial charge in [0.25, 0.3) is 0 Å². The first-order valence-corrected chi connectivity index (χ1v) is 9.37. The van der Waals surface area contributed by atoms with Gasteiger partial charge in [0, 0.05) is 26.6 Å². The summed E-state index contributed by atoms with van der Waals surface area (Å²) in [5.74, 6) is 2.32. The summed E-state index contributed by atoms with van der Waals surface area (Å²) in [5.41, 5.74) is 2.00. The molecule has 0 amide bonds. The van der Waals surface area contributed by atoms with Gasteiger partial charge in [-0.25, -0.2) is 0 Å². The maximum absolute atomic E-state index is 6.48. The van der Waals surface area contributed by atoms with E-state index in [0.717, 1.165) is 60.5 Å². The molecular weight excluding hydrogens is 324 g/mol. The summed E-state index contributed by atoms with van der Waals surface area (Å²) in [6.07, 6.45) is 7.15. The van der Waals surface area contributed by atoms with Crippen LogP contribution in [0, 0.1) is 6.92 Å². The molecule has 7 heteroatoms. The predicted molar refractivity (Wildman–Crippen MR) is 92.9 cm³/mol. The van der Waals surface area contributed by atoms with Crippen molar-refractivity contribution in [1.29, 1.82) is 0 Å². The molecule has 4 rings (SSSR count). The molecule has 0 radical (unpaired) electrons. The van der Waals surface area contributed by atoms with Gasteiger partial charge in [-0.1, -0.05) is 18.0 Å². The summed E-state index contributed by atoms with van der Waals surface area (Å²) in [7, 11) is 1.98. The van der Waals surface area contributed by atoms with Gasteiger partial charge in [-0.15, -0.1) is 10.2 Å².